The van der Waals surface area contributed by atoms with Crippen LogP contribution in [0.2, 0.25) is 5.02 Å². The minimum absolute atomic E-state index is 0.346. The van der Waals surface area contributed by atoms with Crippen molar-refractivity contribution in [1.82, 2.24) is 0 Å². The van der Waals surface area contributed by atoms with Crippen LogP contribution < -0.4 is 16.4 Å². The molecular weight excluding hydrogens is 334 g/mol. The highest BCUT2D eigenvalue weighted by Crippen LogP contribution is 2.15. The Morgan fingerprint density at radius 2 is 1.62 bits per heavy atom. The van der Waals surface area contributed by atoms with E-state index in [1.54, 1.807) is 48.5 Å². The zero-order valence-electron chi connectivity index (χ0n) is 12.4. The van der Waals surface area contributed by atoms with Gasteiger partial charge in [-0.15, -0.1) is 0 Å². The lowest BCUT2D eigenvalue weighted by atomic mass is 10.2. The first kappa shape index (κ1) is 17.3. The second-order valence-corrected chi connectivity index (χ2v) is 5.11. The number of benzene rings is 2. The SMILES string of the molecule is NC(=O)C(OC(=O)Nc1cccc(Cl)c1)C(=O)Nc1ccccc1. The molecule has 0 aliphatic heterocycles. The molecule has 0 aromatic heterocycles. The Morgan fingerprint density at radius 1 is 0.958 bits per heavy atom. The summed E-state index contributed by atoms with van der Waals surface area (Å²) in [5.41, 5.74) is 5.92. The maximum atomic E-state index is 12.1. The monoisotopic (exact) mass is 347 g/mol. The van der Waals surface area contributed by atoms with Crippen LogP contribution in [0, 0.1) is 0 Å². The summed E-state index contributed by atoms with van der Waals surface area (Å²) in [6.07, 6.45) is -2.78. The maximum Gasteiger partial charge on any atom is 0.412 e. The summed E-state index contributed by atoms with van der Waals surface area (Å²) in [7, 11) is 0. The predicted octanol–water partition coefficient (Wildman–Crippen LogP) is 2.38. The van der Waals surface area contributed by atoms with E-state index in [2.05, 4.69) is 10.6 Å². The number of ether oxygens (including phenoxy) is 1. The molecule has 0 radical (unpaired) electrons. The minimum Gasteiger partial charge on any atom is -0.426 e. The molecule has 0 aliphatic rings. The number of hydrogen-bond acceptors (Lipinski definition) is 4. The Hall–Kier alpha value is -3.06. The van der Waals surface area contributed by atoms with Gasteiger partial charge in [-0.1, -0.05) is 35.9 Å². The van der Waals surface area contributed by atoms with E-state index in [-0.39, 0.29) is 0 Å². The molecule has 4 N–H and O–H groups in total. The number of carbonyl (C=O) groups is 3. The van der Waals surface area contributed by atoms with Crippen molar-refractivity contribution in [1.29, 1.82) is 0 Å². The van der Waals surface area contributed by atoms with Gasteiger partial charge < -0.3 is 15.8 Å². The van der Waals surface area contributed by atoms with Crippen LogP contribution in [0.3, 0.4) is 0 Å². The summed E-state index contributed by atoms with van der Waals surface area (Å²) in [5, 5.41) is 5.19. The first-order valence-corrected chi connectivity index (χ1v) is 7.22. The van der Waals surface area contributed by atoms with Crippen molar-refractivity contribution >= 4 is 40.9 Å². The standard InChI is InChI=1S/C16H14ClN3O4/c17-10-5-4-8-12(9-10)20-16(23)24-13(14(18)21)15(22)19-11-6-2-1-3-7-11/h1-9,13H,(H2,18,21)(H,19,22)(H,20,23). The molecule has 0 aliphatic carbocycles. The maximum absolute atomic E-state index is 12.1. The molecule has 0 fully saturated rings. The van der Waals surface area contributed by atoms with E-state index in [0.717, 1.165) is 0 Å². The van der Waals surface area contributed by atoms with Crippen molar-refractivity contribution in [2.75, 3.05) is 10.6 Å². The average Bonchev–Trinajstić information content (AvgIpc) is 2.53. The van der Waals surface area contributed by atoms with Crippen LogP contribution in [0.5, 0.6) is 0 Å². The molecule has 2 aromatic carbocycles. The van der Waals surface area contributed by atoms with Gasteiger partial charge in [0.05, 0.1) is 0 Å². The van der Waals surface area contributed by atoms with Gasteiger partial charge in [-0.2, -0.15) is 0 Å². The number of halogens is 1. The molecule has 0 saturated heterocycles. The molecular formula is C16H14ClN3O4. The molecule has 0 heterocycles. The number of anilines is 2. The predicted molar refractivity (Wildman–Crippen MR) is 89.6 cm³/mol. The summed E-state index contributed by atoms with van der Waals surface area (Å²) >= 11 is 5.79. The average molecular weight is 348 g/mol. The molecule has 1 unspecified atom stereocenters. The quantitative estimate of drug-likeness (QED) is 0.721. The zero-order chi connectivity index (χ0) is 17.5. The lowest BCUT2D eigenvalue weighted by Crippen LogP contribution is -2.43. The van der Waals surface area contributed by atoms with Crippen molar-refractivity contribution in [3.63, 3.8) is 0 Å². The number of primary amides is 1. The Bertz CT molecular complexity index is 752. The van der Waals surface area contributed by atoms with Crippen LogP contribution in [0.4, 0.5) is 16.2 Å². The Labute approximate surface area is 142 Å². The van der Waals surface area contributed by atoms with Crippen LogP contribution >= 0.6 is 11.6 Å². The largest absolute Gasteiger partial charge is 0.426 e. The van der Waals surface area contributed by atoms with Crippen molar-refractivity contribution < 1.29 is 19.1 Å². The molecule has 3 amide bonds. The summed E-state index contributed by atoms with van der Waals surface area (Å²) in [6.45, 7) is 0. The number of amides is 3. The molecule has 2 aromatic rings. The first-order chi connectivity index (χ1) is 11.5. The van der Waals surface area contributed by atoms with Crippen LogP contribution in [-0.2, 0) is 14.3 Å². The molecule has 0 saturated carbocycles. The van der Waals surface area contributed by atoms with E-state index in [4.69, 9.17) is 22.1 Å². The zero-order valence-corrected chi connectivity index (χ0v) is 13.1. The molecule has 2 rings (SSSR count). The van der Waals surface area contributed by atoms with Crippen LogP contribution in [-0.4, -0.2) is 24.0 Å². The molecule has 1 atom stereocenters. The summed E-state index contributed by atoms with van der Waals surface area (Å²) < 4.78 is 4.81. The lowest BCUT2D eigenvalue weighted by Gasteiger charge is -2.15. The van der Waals surface area contributed by atoms with Gasteiger partial charge >= 0.3 is 6.09 Å². The number of nitrogens with two attached hydrogens (primary N) is 1. The van der Waals surface area contributed by atoms with Gasteiger partial charge in [0.25, 0.3) is 17.9 Å². The van der Waals surface area contributed by atoms with E-state index in [1.807, 2.05) is 0 Å². The Balaban J connectivity index is 2.01. The minimum atomic E-state index is -1.77. The van der Waals surface area contributed by atoms with Crippen LogP contribution in [0.25, 0.3) is 0 Å². The van der Waals surface area contributed by atoms with Gasteiger partial charge in [0.1, 0.15) is 0 Å². The summed E-state index contributed by atoms with van der Waals surface area (Å²) in [6, 6.07) is 14.7. The normalized spacial score (nSPS) is 11.2. The van der Waals surface area contributed by atoms with Gasteiger partial charge in [0, 0.05) is 16.4 Å². The number of hydrogen-bond donors (Lipinski definition) is 3. The fourth-order valence-corrected chi connectivity index (χ4v) is 1.98. The van der Waals surface area contributed by atoms with Gasteiger partial charge in [-0.05, 0) is 30.3 Å². The van der Waals surface area contributed by atoms with Crippen LogP contribution in [0.1, 0.15) is 0 Å². The van der Waals surface area contributed by atoms with E-state index < -0.39 is 24.0 Å². The van der Waals surface area contributed by atoms with E-state index in [0.29, 0.717) is 16.4 Å². The number of rotatable bonds is 5. The third-order valence-corrected chi connectivity index (χ3v) is 3.07. The first-order valence-electron chi connectivity index (χ1n) is 6.84. The molecule has 124 valence electrons. The highest BCUT2D eigenvalue weighted by Gasteiger charge is 2.29. The van der Waals surface area contributed by atoms with E-state index in [1.165, 1.54) is 6.07 Å². The van der Waals surface area contributed by atoms with Crippen molar-refractivity contribution in [3.8, 4) is 0 Å². The van der Waals surface area contributed by atoms with Gasteiger partial charge in [-0.3, -0.25) is 14.9 Å². The highest BCUT2D eigenvalue weighted by atomic mass is 35.5. The van der Waals surface area contributed by atoms with Crippen molar-refractivity contribution in [2.24, 2.45) is 5.73 Å². The molecule has 0 spiro atoms. The molecule has 7 nitrogen and oxygen atoms in total. The fourth-order valence-electron chi connectivity index (χ4n) is 1.79. The topological polar surface area (TPSA) is 111 Å². The molecule has 0 bridgehead atoms. The van der Waals surface area contributed by atoms with Gasteiger partial charge in [0.2, 0.25) is 0 Å². The number of nitrogens with one attached hydrogen (secondary N) is 2. The smallest absolute Gasteiger partial charge is 0.412 e. The number of carbonyl (C=O) groups excluding carboxylic acids is 3. The van der Waals surface area contributed by atoms with Crippen molar-refractivity contribution in [2.45, 2.75) is 6.10 Å². The van der Waals surface area contributed by atoms with E-state index in [9.17, 15) is 14.4 Å². The lowest BCUT2D eigenvalue weighted by molar-refractivity contribution is -0.136. The second kappa shape index (κ2) is 7.98. The Morgan fingerprint density at radius 3 is 2.25 bits per heavy atom. The van der Waals surface area contributed by atoms with E-state index >= 15 is 0 Å². The summed E-state index contributed by atoms with van der Waals surface area (Å²) in [5.74, 6) is -1.94. The third-order valence-electron chi connectivity index (χ3n) is 2.83. The third kappa shape index (κ3) is 4.99. The highest BCUT2D eigenvalue weighted by molar-refractivity contribution is 6.30. The summed E-state index contributed by atoms with van der Waals surface area (Å²) in [4.78, 5) is 35.3. The second-order valence-electron chi connectivity index (χ2n) is 4.68. The van der Waals surface area contributed by atoms with Crippen LogP contribution in [0.15, 0.2) is 54.6 Å². The Kier molecular flexibility index (Phi) is 5.75. The molecule has 8 heteroatoms. The van der Waals surface area contributed by atoms with Gasteiger partial charge in [0.15, 0.2) is 0 Å². The molecule has 24 heavy (non-hydrogen) atoms. The van der Waals surface area contributed by atoms with Crippen molar-refractivity contribution in [3.05, 3.63) is 59.6 Å². The fraction of sp³-hybridized carbons (Fsp3) is 0.0625. The van der Waals surface area contributed by atoms with Gasteiger partial charge in [-0.25, -0.2) is 4.79 Å². The number of para-hydroxylation sites is 1.